The van der Waals surface area contributed by atoms with Gasteiger partial charge in [-0.05, 0) is 63.0 Å². The minimum atomic E-state index is -4.42. The van der Waals surface area contributed by atoms with Crippen molar-refractivity contribution in [1.82, 2.24) is 10.2 Å². The Balaban J connectivity index is 1.50. The summed E-state index contributed by atoms with van der Waals surface area (Å²) >= 11 is 0. The molecule has 7 heteroatoms. The van der Waals surface area contributed by atoms with Gasteiger partial charge in [0.25, 0.3) is 5.91 Å². The Bertz CT molecular complexity index is 836. The number of nitrogens with zero attached hydrogens (tertiary/aromatic N) is 1. The number of hydrogen-bond donors (Lipinski definition) is 1. The third-order valence-electron chi connectivity index (χ3n) is 5.78. The molecule has 1 aromatic carbocycles. The van der Waals surface area contributed by atoms with Crippen molar-refractivity contribution in [3.8, 4) is 11.3 Å². The van der Waals surface area contributed by atoms with E-state index in [2.05, 4.69) is 17.1 Å². The fourth-order valence-corrected chi connectivity index (χ4v) is 4.23. The van der Waals surface area contributed by atoms with Crippen LogP contribution in [0.1, 0.15) is 35.9 Å². The zero-order chi connectivity index (χ0) is 19.2. The van der Waals surface area contributed by atoms with Gasteiger partial charge < -0.3 is 9.73 Å². The average Bonchev–Trinajstić information content (AvgIpc) is 3.15. The molecule has 5 rings (SSSR count). The maximum atomic E-state index is 12.9. The molecule has 3 saturated heterocycles. The molecule has 4 nitrogen and oxygen atoms in total. The van der Waals surface area contributed by atoms with E-state index in [0.29, 0.717) is 11.5 Å². The SMILES string of the molecule is CC1C(NC(=O)c2ccc(-c3cccc(C(F)(F)F)c3)o2)C2CCN1CC2. The maximum absolute atomic E-state index is 12.9. The molecular weight excluding hydrogens is 357 g/mol. The van der Waals surface area contributed by atoms with Gasteiger partial charge in [0.2, 0.25) is 0 Å². The van der Waals surface area contributed by atoms with Gasteiger partial charge in [0.1, 0.15) is 5.76 Å². The first-order valence-corrected chi connectivity index (χ1v) is 9.15. The van der Waals surface area contributed by atoms with Crippen molar-refractivity contribution in [2.75, 3.05) is 13.1 Å². The van der Waals surface area contributed by atoms with Gasteiger partial charge in [0.15, 0.2) is 5.76 Å². The topological polar surface area (TPSA) is 45.5 Å². The molecule has 1 N–H and O–H groups in total. The van der Waals surface area contributed by atoms with Crippen LogP contribution in [0.5, 0.6) is 0 Å². The van der Waals surface area contributed by atoms with Gasteiger partial charge >= 0.3 is 6.18 Å². The van der Waals surface area contributed by atoms with Crippen molar-refractivity contribution in [2.24, 2.45) is 5.92 Å². The highest BCUT2D eigenvalue weighted by Gasteiger charge is 2.40. The maximum Gasteiger partial charge on any atom is 0.416 e. The van der Waals surface area contributed by atoms with E-state index in [9.17, 15) is 18.0 Å². The minimum absolute atomic E-state index is 0.0714. The Morgan fingerprint density at radius 2 is 1.93 bits per heavy atom. The number of piperidine rings is 3. The van der Waals surface area contributed by atoms with Crippen LogP contribution in [0.2, 0.25) is 0 Å². The van der Waals surface area contributed by atoms with E-state index in [-0.39, 0.29) is 29.5 Å². The number of alkyl halides is 3. The molecule has 2 bridgehead atoms. The van der Waals surface area contributed by atoms with Crippen LogP contribution in [0.4, 0.5) is 13.2 Å². The number of rotatable bonds is 3. The Hall–Kier alpha value is -2.28. The van der Waals surface area contributed by atoms with Crippen LogP contribution in [0, 0.1) is 5.92 Å². The van der Waals surface area contributed by atoms with Gasteiger partial charge in [-0.15, -0.1) is 0 Å². The second kappa shape index (κ2) is 6.71. The lowest BCUT2D eigenvalue weighted by molar-refractivity contribution is -0.137. The molecule has 3 aliphatic rings. The first-order valence-electron chi connectivity index (χ1n) is 9.15. The normalized spacial score (nSPS) is 27.6. The molecule has 27 heavy (non-hydrogen) atoms. The third-order valence-corrected chi connectivity index (χ3v) is 5.78. The number of carbonyl (C=O) groups excluding carboxylic acids is 1. The summed E-state index contributed by atoms with van der Waals surface area (Å²) in [5.41, 5.74) is -0.455. The molecule has 0 saturated carbocycles. The molecule has 0 radical (unpaired) electrons. The molecule has 3 fully saturated rings. The molecule has 0 aliphatic carbocycles. The van der Waals surface area contributed by atoms with Gasteiger partial charge in [-0.2, -0.15) is 13.2 Å². The van der Waals surface area contributed by atoms with Gasteiger partial charge in [-0.25, -0.2) is 0 Å². The average molecular weight is 378 g/mol. The highest BCUT2D eigenvalue weighted by Crippen LogP contribution is 2.34. The Morgan fingerprint density at radius 3 is 2.59 bits per heavy atom. The van der Waals surface area contributed by atoms with E-state index < -0.39 is 11.7 Å². The van der Waals surface area contributed by atoms with Crippen molar-refractivity contribution in [3.05, 3.63) is 47.7 Å². The Morgan fingerprint density at radius 1 is 1.19 bits per heavy atom. The summed E-state index contributed by atoms with van der Waals surface area (Å²) in [4.78, 5) is 15.0. The number of fused-ring (bicyclic) bond motifs is 3. The molecule has 3 aliphatic heterocycles. The van der Waals surface area contributed by atoms with Crippen LogP contribution >= 0.6 is 0 Å². The van der Waals surface area contributed by atoms with Gasteiger partial charge in [-0.3, -0.25) is 9.69 Å². The summed E-state index contributed by atoms with van der Waals surface area (Å²) in [6.07, 6.45) is -2.28. The standard InChI is InChI=1S/C20H21F3N2O2/c1-12-18(13-7-9-25(12)10-8-13)24-19(26)17-6-5-16(27-17)14-3-2-4-15(11-14)20(21,22)23/h2-6,11-13,18H,7-10H2,1H3,(H,24,26). The van der Waals surface area contributed by atoms with Gasteiger partial charge in [-0.1, -0.05) is 12.1 Å². The van der Waals surface area contributed by atoms with E-state index in [4.69, 9.17) is 4.42 Å². The molecule has 2 unspecified atom stereocenters. The smallest absolute Gasteiger partial charge is 0.416 e. The molecule has 1 amide bonds. The lowest BCUT2D eigenvalue weighted by Gasteiger charge is -2.49. The number of amides is 1. The van der Waals surface area contributed by atoms with E-state index in [1.54, 1.807) is 0 Å². The molecule has 144 valence electrons. The van der Waals surface area contributed by atoms with E-state index in [1.165, 1.54) is 24.3 Å². The van der Waals surface area contributed by atoms with Crippen molar-refractivity contribution >= 4 is 5.91 Å². The highest BCUT2D eigenvalue weighted by molar-refractivity contribution is 5.92. The Kier molecular flexibility index (Phi) is 4.50. The lowest BCUT2D eigenvalue weighted by atomic mass is 9.79. The van der Waals surface area contributed by atoms with Crippen LogP contribution in [0.25, 0.3) is 11.3 Å². The van der Waals surface area contributed by atoms with Crippen LogP contribution < -0.4 is 5.32 Å². The third kappa shape index (κ3) is 3.48. The number of benzene rings is 1. The first-order chi connectivity index (χ1) is 12.8. The summed E-state index contributed by atoms with van der Waals surface area (Å²) in [6.45, 7) is 4.25. The predicted octanol–water partition coefficient (Wildman–Crippen LogP) is 4.18. The first kappa shape index (κ1) is 18.1. The van der Waals surface area contributed by atoms with Crippen LogP contribution in [-0.4, -0.2) is 36.0 Å². The second-order valence-electron chi connectivity index (χ2n) is 7.36. The summed E-state index contributed by atoms with van der Waals surface area (Å²) < 4.78 is 44.2. The number of furan rings is 1. The number of halogens is 3. The van der Waals surface area contributed by atoms with Crippen LogP contribution in [0.3, 0.4) is 0 Å². The number of hydrogen-bond acceptors (Lipinski definition) is 3. The van der Waals surface area contributed by atoms with Crippen LogP contribution in [0.15, 0.2) is 40.8 Å². The monoisotopic (exact) mass is 378 g/mol. The number of carbonyl (C=O) groups is 1. The molecule has 2 atom stereocenters. The zero-order valence-electron chi connectivity index (χ0n) is 14.9. The van der Waals surface area contributed by atoms with E-state index in [0.717, 1.165) is 38.1 Å². The molecule has 0 spiro atoms. The summed E-state index contributed by atoms with van der Waals surface area (Å²) in [5.74, 6) is 0.505. The summed E-state index contributed by atoms with van der Waals surface area (Å²) in [7, 11) is 0. The van der Waals surface area contributed by atoms with Crippen molar-refractivity contribution in [3.63, 3.8) is 0 Å². The second-order valence-corrected chi connectivity index (χ2v) is 7.36. The molecule has 2 aromatic rings. The van der Waals surface area contributed by atoms with Crippen molar-refractivity contribution in [1.29, 1.82) is 0 Å². The molecule has 4 heterocycles. The van der Waals surface area contributed by atoms with Crippen molar-refractivity contribution in [2.45, 2.75) is 38.0 Å². The Labute approximate surface area is 155 Å². The minimum Gasteiger partial charge on any atom is -0.451 e. The fraction of sp³-hybridized carbons (Fsp3) is 0.450. The molecular formula is C20H21F3N2O2. The largest absolute Gasteiger partial charge is 0.451 e. The quantitative estimate of drug-likeness (QED) is 0.872. The summed E-state index contributed by atoms with van der Waals surface area (Å²) in [6, 6.07) is 8.29. The van der Waals surface area contributed by atoms with Crippen molar-refractivity contribution < 1.29 is 22.4 Å². The summed E-state index contributed by atoms with van der Waals surface area (Å²) in [5, 5.41) is 3.06. The highest BCUT2D eigenvalue weighted by atomic mass is 19.4. The van der Waals surface area contributed by atoms with Gasteiger partial charge in [0, 0.05) is 17.6 Å². The van der Waals surface area contributed by atoms with E-state index in [1.807, 2.05) is 0 Å². The molecule has 1 aromatic heterocycles. The fourth-order valence-electron chi connectivity index (χ4n) is 4.23. The number of nitrogens with one attached hydrogen (secondary N) is 1. The van der Waals surface area contributed by atoms with E-state index >= 15 is 0 Å². The zero-order valence-corrected chi connectivity index (χ0v) is 14.9. The predicted molar refractivity (Wildman–Crippen MR) is 94.2 cm³/mol. The lowest BCUT2D eigenvalue weighted by Crippen LogP contribution is -2.62. The van der Waals surface area contributed by atoms with Gasteiger partial charge in [0.05, 0.1) is 5.56 Å². The van der Waals surface area contributed by atoms with Crippen LogP contribution in [-0.2, 0) is 6.18 Å².